The van der Waals surface area contributed by atoms with Gasteiger partial charge in [-0.3, -0.25) is 4.79 Å². The van der Waals surface area contributed by atoms with E-state index in [-0.39, 0.29) is 12.6 Å². The minimum absolute atomic E-state index is 0.0683. The van der Waals surface area contributed by atoms with E-state index in [1.807, 2.05) is 19.1 Å². The van der Waals surface area contributed by atoms with Gasteiger partial charge in [0.25, 0.3) is 0 Å². The fraction of sp³-hybridized carbons (Fsp3) is 0.462. The number of nitrogens with two attached hydrogens (primary N) is 1. The molecule has 0 spiro atoms. The van der Waals surface area contributed by atoms with Crippen molar-refractivity contribution in [3.8, 4) is 17.2 Å². The number of hydrogen-bond acceptors (Lipinski definition) is 5. The summed E-state index contributed by atoms with van der Waals surface area (Å²) in [7, 11) is 4.67. The van der Waals surface area contributed by atoms with Crippen LogP contribution < -0.4 is 25.3 Å². The van der Waals surface area contributed by atoms with E-state index in [1.54, 1.807) is 21.3 Å². The van der Waals surface area contributed by atoms with E-state index >= 15 is 0 Å². The van der Waals surface area contributed by atoms with Gasteiger partial charge in [0.1, 0.15) is 0 Å². The minimum atomic E-state index is -0.403. The molecule has 6 nitrogen and oxygen atoms in total. The van der Waals surface area contributed by atoms with Crippen LogP contribution in [0.5, 0.6) is 17.2 Å². The number of carbonyl (C=O) groups is 1. The van der Waals surface area contributed by atoms with Gasteiger partial charge in [-0.2, -0.15) is 0 Å². The highest BCUT2D eigenvalue weighted by Gasteiger charge is 2.16. The van der Waals surface area contributed by atoms with Crippen LogP contribution in [0.1, 0.15) is 18.5 Å². The highest BCUT2D eigenvalue weighted by atomic mass is 16.5. The molecule has 0 fully saturated rings. The molecular formula is C13H20N2O4. The van der Waals surface area contributed by atoms with Crippen LogP contribution in [0.3, 0.4) is 0 Å². The number of nitrogens with one attached hydrogen (secondary N) is 1. The zero-order valence-electron chi connectivity index (χ0n) is 11.6. The second-order valence-corrected chi connectivity index (χ2v) is 4.03. The molecule has 1 rings (SSSR count). The summed E-state index contributed by atoms with van der Waals surface area (Å²) in [5, 5.41) is 3.01. The quantitative estimate of drug-likeness (QED) is 0.766. The summed E-state index contributed by atoms with van der Waals surface area (Å²) in [6, 6.07) is 3.60. The first-order valence-electron chi connectivity index (χ1n) is 5.85. The van der Waals surface area contributed by atoms with Gasteiger partial charge in [-0.1, -0.05) is 0 Å². The Balaban J connectivity index is 3.04. The molecule has 1 aromatic rings. The third-order valence-corrected chi connectivity index (χ3v) is 2.77. The fourth-order valence-corrected chi connectivity index (χ4v) is 1.72. The summed E-state index contributed by atoms with van der Waals surface area (Å²) < 4.78 is 15.8. The Morgan fingerprint density at radius 3 is 2.11 bits per heavy atom. The highest BCUT2D eigenvalue weighted by Crippen LogP contribution is 2.39. The van der Waals surface area contributed by atoms with E-state index < -0.39 is 5.91 Å². The van der Waals surface area contributed by atoms with Crippen LogP contribution in [0, 0.1) is 0 Å². The molecular weight excluding hydrogens is 248 g/mol. The van der Waals surface area contributed by atoms with E-state index in [4.69, 9.17) is 19.9 Å². The Morgan fingerprint density at radius 1 is 1.21 bits per heavy atom. The van der Waals surface area contributed by atoms with Crippen LogP contribution in [0.2, 0.25) is 0 Å². The molecule has 106 valence electrons. The SMILES string of the molecule is COc1cc(C(C)NCC(N)=O)cc(OC)c1OC. The lowest BCUT2D eigenvalue weighted by atomic mass is 10.1. The lowest BCUT2D eigenvalue weighted by Crippen LogP contribution is -2.30. The molecule has 0 saturated carbocycles. The van der Waals surface area contributed by atoms with Crippen molar-refractivity contribution < 1.29 is 19.0 Å². The van der Waals surface area contributed by atoms with Gasteiger partial charge in [0.2, 0.25) is 11.7 Å². The smallest absolute Gasteiger partial charge is 0.231 e. The molecule has 0 radical (unpaired) electrons. The number of hydrogen-bond donors (Lipinski definition) is 2. The van der Waals surface area contributed by atoms with Crippen molar-refractivity contribution in [2.75, 3.05) is 27.9 Å². The van der Waals surface area contributed by atoms with Crippen molar-refractivity contribution in [1.29, 1.82) is 0 Å². The highest BCUT2D eigenvalue weighted by molar-refractivity contribution is 5.75. The molecule has 3 N–H and O–H groups in total. The number of rotatable bonds is 7. The third kappa shape index (κ3) is 3.75. The van der Waals surface area contributed by atoms with Gasteiger partial charge in [0.15, 0.2) is 11.5 Å². The van der Waals surface area contributed by atoms with Crippen molar-refractivity contribution >= 4 is 5.91 Å². The summed E-state index contributed by atoms with van der Waals surface area (Å²) >= 11 is 0. The van der Waals surface area contributed by atoms with Crippen molar-refractivity contribution in [2.24, 2.45) is 5.73 Å². The van der Waals surface area contributed by atoms with Gasteiger partial charge in [-0.05, 0) is 24.6 Å². The summed E-state index contributed by atoms with van der Waals surface area (Å²) in [5.74, 6) is 1.28. The lowest BCUT2D eigenvalue weighted by Gasteiger charge is -2.18. The average molecular weight is 268 g/mol. The zero-order valence-corrected chi connectivity index (χ0v) is 11.6. The normalized spacial score (nSPS) is 11.8. The number of methoxy groups -OCH3 is 3. The first-order chi connectivity index (χ1) is 9.03. The molecule has 0 bridgehead atoms. The van der Waals surface area contributed by atoms with Crippen molar-refractivity contribution in [3.05, 3.63) is 17.7 Å². The van der Waals surface area contributed by atoms with Crippen LogP contribution in [-0.2, 0) is 4.79 Å². The Hall–Kier alpha value is -1.95. The maximum atomic E-state index is 10.8. The Bertz CT molecular complexity index is 423. The molecule has 0 aliphatic carbocycles. The molecule has 1 aromatic carbocycles. The van der Waals surface area contributed by atoms with Crippen LogP contribution in [-0.4, -0.2) is 33.8 Å². The van der Waals surface area contributed by atoms with Crippen LogP contribution in [0.15, 0.2) is 12.1 Å². The zero-order chi connectivity index (χ0) is 14.4. The third-order valence-electron chi connectivity index (χ3n) is 2.77. The van der Waals surface area contributed by atoms with E-state index in [9.17, 15) is 4.79 Å². The predicted molar refractivity (Wildman–Crippen MR) is 71.7 cm³/mol. The molecule has 0 saturated heterocycles. The van der Waals surface area contributed by atoms with E-state index in [1.165, 1.54) is 0 Å². The first-order valence-corrected chi connectivity index (χ1v) is 5.85. The second kappa shape index (κ2) is 6.84. The van der Waals surface area contributed by atoms with Crippen molar-refractivity contribution in [1.82, 2.24) is 5.32 Å². The van der Waals surface area contributed by atoms with E-state index in [0.717, 1.165) is 5.56 Å². The Kier molecular flexibility index (Phi) is 5.44. The topological polar surface area (TPSA) is 82.8 Å². The number of carbonyl (C=O) groups excluding carboxylic acids is 1. The summed E-state index contributed by atoms with van der Waals surface area (Å²) in [4.78, 5) is 10.8. The molecule has 0 heterocycles. The lowest BCUT2D eigenvalue weighted by molar-refractivity contribution is -0.117. The van der Waals surface area contributed by atoms with Crippen LogP contribution in [0.4, 0.5) is 0 Å². The summed E-state index contributed by atoms with van der Waals surface area (Å²) in [6.07, 6.45) is 0. The number of amides is 1. The van der Waals surface area contributed by atoms with Gasteiger partial charge in [-0.25, -0.2) is 0 Å². The van der Waals surface area contributed by atoms with Crippen LogP contribution >= 0.6 is 0 Å². The maximum Gasteiger partial charge on any atom is 0.231 e. The molecule has 19 heavy (non-hydrogen) atoms. The second-order valence-electron chi connectivity index (χ2n) is 4.03. The van der Waals surface area contributed by atoms with Crippen molar-refractivity contribution in [2.45, 2.75) is 13.0 Å². The molecule has 1 amide bonds. The standard InChI is InChI=1S/C13H20N2O4/c1-8(15-7-12(14)16)9-5-10(17-2)13(19-4)11(6-9)18-3/h5-6,8,15H,7H2,1-4H3,(H2,14,16). The molecule has 0 aliphatic heterocycles. The van der Waals surface area contributed by atoms with E-state index in [2.05, 4.69) is 5.32 Å². The monoisotopic (exact) mass is 268 g/mol. The van der Waals surface area contributed by atoms with Gasteiger partial charge >= 0.3 is 0 Å². The predicted octanol–water partition coefficient (Wildman–Crippen LogP) is 0.848. The number of benzene rings is 1. The van der Waals surface area contributed by atoms with Crippen LogP contribution in [0.25, 0.3) is 0 Å². The minimum Gasteiger partial charge on any atom is -0.493 e. The molecule has 6 heteroatoms. The van der Waals surface area contributed by atoms with Gasteiger partial charge in [-0.15, -0.1) is 0 Å². The summed E-state index contributed by atoms with van der Waals surface area (Å²) in [5.41, 5.74) is 6.02. The summed E-state index contributed by atoms with van der Waals surface area (Å²) in [6.45, 7) is 2.03. The molecule has 1 atom stereocenters. The Labute approximate surface area is 112 Å². The van der Waals surface area contributed by atoms with Crippen molar-refractivity contribution in [3.63, 3.8) is 0 Å². The largest absolute Gasteiger partial charge is 0.493 e. The number of primary amides is 1. The Morgan fingerprint density at radius 2 is 1.74 bits per heavy atom. The molecule has 1 unspecified atom stereocenters. The number of ether oxygens (including phenoxy) is 3. The van der Waals surface area contributed by atoms with Gasteiger partial charge < -0.3 is 25.3 Å². The van der Waals surface area contributed by atoms with Gasteiger partial charge in [0, 0.05) is 6.04 Å². The maximum absolute atomic E-state index is 10.8. The molecule has 0 aromatic heterocycles. The van der Waals surface area contributed by atoms with E-state index in [0.29, 0.717) is 17.2 Å². The average Bonchev–Trinajstić information content (AvgIpc) is 2.42. The molecule has 0 aliphatic rings. The first kappa shape index (κ1) is 15.1. The van der Waals surface area contributed by atoms with Gasteiger partial charge in [0.05, 0.1) is 27.9 Å². The fourth-order valence-electron chi connectivity index (χ4n) is 1.72.